The third-order valence-electron chi connectivity index (χ3n) is 4.76. The van der Waals surface area contributed by atoms with Gasteiger partial charge in [0.15, 0.2) is 0 Å². The van der Waals surface area contributed by atoms with E-state index >= 15 is 0 Å². The molecule has 124 valence electrons. The first kappa shape index (κ1) is 16.9. The van der Waals surface area contributed by atoms with Gasteiger partial charge in [-0.25, -0.2) is 0 Å². The fourth-order valence-corrected chi connectivity index (χ4v) is 3.96. The van der Waals surface area contributed by atoms with Crippen LogP contribution in [0.1, 0.15) is 18.7 Å². The van der Waals surface area contributed by atoms with Gasteiger partial charge in [0.2, 0.25) is 11.7 Å². The third kappa shape index (κ3) is 3.60. The topological polar surface area (TPSA) is 54.2 Å². The van der Waals surface area contributed by atoms with Crippen LogP contribution in [0.3, 0.4) is 0 Å². The first-order valence-electron chi connectivity index (χ1n) is 7.74. The van der Waals surface area contributed by atoms with Crippen molar-refractivity contribution in [2.75, 3.05) is 26.2 Å². The molecular weight excluding hydrogens is 380 g/mol. The van der Waals surface area contributed by atoms with Crippen LogP contribution in [0.5, 0.6) is 0 Å². The second-order valence-corrected chi connectivity index (χ2v) is 7.33. The van der Waals surface area contributed by atoms with Crippen LogP contribution in [0.15, 0.2) is 33.3 Å². The summed E-state index contributed by atoms with van der Waals surface area (Å²) in [7, 11) is 0. The van der Waals surface area contributed by atoms with E-state index in [9.17, 15) is 0 Å². The number of hydrogen-bond acceptors (Lipinski definition) is 5. The lowest BCUT2D eigenvalue weighted by molar-refractivity contribution is 0.236. The number of benzene rings is 1. The summed E-state index contributed by atoms with van der Waals surface area (Å²) in [4.78, 5) is 6.98. The van der Waals surface area contributed by atoms with Crippen molar-refractivity contribution < 1.29 is 4.52 Å². The summed E-state index contributed by atoms with van der Waals surface area (Å²) < 4.78 is 6.46. The highest BCUT2D eigenvalue weighted by Crippen LogP contribution is 2.36. The maximum Gasteiger partial charge on any atom is 0.241 e. The molecule has 7 heteroatoms. The maximum atomic E-state index is 5.44. The molecule has 1 N–H and O–H groups in total. The van der Waals surface area contributed by atoms with Crippen molar-refractivity contribution in [2.45, 2.75) is 19.4 Å². The number of rotatable bonds is 3. The van der Waals surface area contributed by atoms with E-state index in [-0.39, 0.29) is 12.4 Å². The van der Waals surface area contributed by atoms with Gasteiger partial charge in [-0.3, -0.25) is 4.90 Å². The number of nitrogens with one attached hydrogen (secondary N) is 1. The van der Waals surface area contributed by atoms with Crippen LogP contribution < -0.4 is 5.32 Å². The van der Waals surface area contributed by atoms with Crippen molar-refractivity contribution in [3.63, 3.8) is 0 Å². The minimum Gasteiger partial charge on any atom is -0.338 e. The number of aromatic nitrogens is 2. The number of halogens is 2. The van der Waals surface area contributed by atoms with Gasteiger partial charge in [0.25, 0.3) is 0 Å². The Morgan fingerprint density at radius 3 is 3.04 bits per heavy atom. The molecule has 1 aromatic heterocycles. The summed E-state index contributed by atoms with van der Waals surface area (Å²) in [5.41, 5.74) is 1.45. The molecule has 2 saturated heterocycles. The van der Waals surface area contributed by atoms with Gasteiger partial charge in [-0.05, 0) is 43.5 Å². The molecule has 0 saturated carbocycles. The summed E-state index contributed by atoms with van der Waals surface area (Å²) in [6, 6.07) is 7.97. The lowest BCUT2D eigenvalue weighted by Crippen LogP contribution is -2.29. The highest BCUT2D eigenvalue weighted by molar-refractivity contribution is 9.10. The zero-order valence-corrected chi connectivity index (χ0v) is 15.2. The molecule has 1 atom stereocenters. The Bertz CT molecular complexity index is 672. The second-order valence-electron chi connectivity index (χ2n) is 6.41. The lowest BCUT2D eigenvalue weighted by Gasteiger charge is -2.21. The number of nitrogens with zero attached hydrogens (tertiary/aromatic N) is 3. The van der Waals surface area contributed by atoms with Gasteiger partial charge in [0, 0.05) is 23.1 Å². The predicted molar refractivity (Wildman–Crippen MR) is 94.5 cm³/mol. The van der Waals surface area contributed by atoms with Gasteiger partial charge in [-0.2, -0.15) is 4.98 Å². The molecule has 0 bridgehead atoms. The molecule has 2 aliphatic rings. The van der Waals surface area contributed by atoms with Crippen LogP contribution in [0.25, 0.3) is 11.4 Å². The van der Waals surface area contributed by atoms with Gasteiger partial charge >= 0.3 is 0 Å². The van der Waals surface area contributed by atoms with Crippen molar-refractivity contribution in [2.24, 2.45) is 5.41 Å². The molecule has 0 amide bonds. The van der Waals surface area contributed by atoms with E-state index in [1.807, 2.05) is 24.3 Å². The average molecular weight is 400 g/mol. The minimum absolute atomic E-state index is 0. The minimum atomic E-state index is 0. The monoisotopic (exact) mass is 398 g/mol. The molecule has 1 spiro atoms. The Kier molecular flexibility index (Phi) is 5.06. The van der Waals surface area contributed by atoms with E-state index < -0.39 is 0 Å². The van der Waals surface area contributed by atoms with Gasteiger partial charge in [0.1, 0.15) is 0 Å². The summed E-state index contributed by atoms with van der Waals surface area (Å²) in [6.45, 7) is 5.31. The average Bonchev–Trinajstić information content (AvgIpc) is 3.23. The summed E-state index contributed by atoms with van der Waals surface area (Å²) in [5, 5.41) is 7.60. The van der Waals surface area contributed by atoms with E-state index in [1.54, 1.807) is 0 Å². The van der Waals surface area contributed by atoms with Crippen molar-refractivity contribution in [3.8, 4) is 11.4 Å². The quantitative estimate of drug-likeness (QED) is 0.859. The first-order valence-corrected chi connectivity index (χ1v) is 8.53. The highest BCUT2D eigenvalue weighted by Gasteiger charge is 2.40. The molecule has 23 heavy (non-hydrogen) atoms. The normalized spacial score (nSPS) is 24.2. The summed E-state index contributed by atoms with van der Waals surface area (Å²) in [5.74, 6) is 1.37. The zero-order valence-electron chi connectivity index (χ0n) is 12.8. The standard InChI is InChI=1S/C16H19BrN4O.ClH/c17-13-3-1-2-12(8-13)15-19-14(22-20-15)9-21-7-5-16(11-21)4-6-18-10-16;/h1-3,8,18H,4-7,9-11H2;1H. The predicted octanol–water partition coefficient (Wildman–Crippen LogP) is 3.11. The Balaban J connectivity index is 0.00000156. The largest absolute Gasteiger partial charge is 0.338 e. The molecule has 0 radical (unpaired) electrons. The van der Waals surface area contributed by atoms with Crippen LogP contribution in [0.2, 0.25) is 0 Å². The first-order chi connectivity index (χ1) is 10.7. The molecule has 4 rings (SSSR count). The van der Waals surface area contributed by atoms with Crippen molar-refractivity contribution >= 4 is 28.3 Å². The molecule has 1 aromatic carbocycles. The second kappa shape index (κ2) is 6.89. The Labute approximate surface area is 150 Å². The fourth-order valence-electron chi connectivity index (χ4n) is 3.56. The van der Waals surface area contributed by atoms with Crippen LogP contribution in [-0.4, -0.2) is 41.2 Å². The molecular formula is C16H20BrClN4O. The van der Waals surface area contributed by atoms with Crippen LogP contribution in [-0.2, 0) is 6.54 Å². The third-order valence-corrected chi connectivity index (χ3v) is 5.25. The van der Waals surface area contributed by atoms with E-state index in [0.717, 1.165) is 42.8 Å². The van der Waals surface area contributed by atoms with Crippen molar-refractivity contribution in [3.05, 3.63) is 34.6 Å². The summed E-state index contributed by atoms with van der Waals surface area (Å²) >= 11 is 3.47. The smallest absolute Gasteiger partial charge is 0.241 e. The van der Waals surface area contributed by atoms with Crippen LogP contribution in [0, 0.1) is 5.41 Å². The van der Waals surface area contributed by atoms with E-state index in [0.29, 0.717) is 17.1 Å². The van der Waals surface area contributed by atoms with E-state index in [4.69, 9.17) is 4.52 Å². The van der Waals surface area contributed by atoms with Gasteiger partial charge < -0.3 is 9.84 Å². The van der Waals surface area contributed by atoms with E-state index in [1.165, 1.54) is 12.8 Å². The molecule has 2 aliphatic heterocycles. The van der Waals surface area contributed by atoms with Crippen LogP contribution >= 0.6 is 28.3 Å². The molecule has 0 aliphatic carbocycles. The molecule has 5 nitrogen and oxygen atoms in total. The number of hydrogen-bond donors (Lipinski definition) is 1. The lowest BCUT2D eigenvalue weighted by atomic mass is 9.87. The molecule has 2 fully saturated rings. The maximum absolute atomic E-state index is 5.44. The Hall–Kier alpha value is -0.950. The van der Waals surface area contributed by atoms with Gasteiger partial charge in [0.05, 0.1) is 6.54 Å². The zero-order chi connectivity index (χ0) is 15.0. The molecule has 2 aromatic rings. The van der Waals surface area contributed by atoms with Crippen LogP contribution in [0.4, 0.5) is 0 Å². The Morgan fingerprint density at radius 2 is 2.26 bits per heavy atom. The SMILES string of the molecule is Brc1cccc(-c2noc(CN3CCC4(CCNC4)C3)n2)c1.Cl. The van der Waals surface area contributed by atoms with Crippen molar-refractivity contribution in [1.82, 2.24) is 20.4 Å². The van der Waals surface area contributed by atoms with Gasteiger partial charge in [-0.1, -0.05) is 33.2 Å². The molecule has 1 unspecified atom stereocenters. The number of likely N-dealkylation sites (tertiary alicyclic amines) is 1. The molecule has 3 heterocycles. The van der Waals surface area contributed by atoms with E-state index in [2.05, 4.69) is 36.3 Å². The Morgan fingerprint density at radius 1 is 1.35 bits per heavy atom. The fraction of sp³-hybridized carbons (Fsp3) is 0.500. The summed E-state index contributed by atoms with van der Waals surface area (Å²) in [6.07, 6.45) is 2.56. The van der Waals surface area contributed by atoms with Gasteiger partial charge in [-0.15, -0.1) is 12.4 Å². The van der Waals surface area contributed by atoms with Crippen molar-refractivity contribution in [1.29, 1.82) is 0 Å². The highest BCUT2D eigenvalue weighted by atomic mass is 79.9.